The minimum absolute atomic E-state index is 0.170. The van der Waals surface area contributed by atoms with Gasteiger partial charge in [0.2, 0.25) is 0 Å². The summed E-state index contributed by atoms with van der Waals surface area (Å²) in [5.41, 5.74) is 2.14. The minimum atomic E-state index is -4.49. The molecule has 0 unspecified atom stereocenters. The summed E-state index contributed by atoms with van der Waals surface area (Å²) in [5.74, 6) is 0.211. The van der Waals surface area contributed by atoms with Gasteiger partial charge in [-0.25, -0.2) is 0 Å². The van der Waals surface area contributed by atoms with Crippen molar-refractivity contribution in [1.82, 2.24) is 9.88 Å². The molecule has 0 spiro atoms. The van der Waals surface area contributed by atoms with Crippen molar-refractivity contribution in [2.75, 3.05) is 31.1 Å². The number of allylic oxidation sites excluding steroid dienone is 1. The van der Waals surface area contributed by atoms with Gasteiger partial charge in [0.1, 0.15) is 12.0 Å². The van der Waals surface area contributed by atoms with Gasteiger partial charge in [-0.15, -0.1) is 0 Å². The van der Waals surface area contributed by atoms with Gasteiger partial charge < -0.3 is 14.2 Å². The third-order valence-electron chi connectivity index (χ3n) is 5.92. The first-order chi connectivity index (χ1) is 16.1. The molecule has 1 aliphatic rings. The van der Waals surface area contributed by atoms with E-state index in [-0.39, 0.29) is 10.8 Å². The molecule has 4 nitrogen and oxygen atoms in total. The van der Waals surface area contributed by atoms with Gasteiger partial charge in [0, 0.05) is 47.2 Å². The number of aromatic nitrogens is 1. The molecule has 3 aromatic rings. The van der Waals surface area contributed by atoms with E-state index in [0.29, 0.717) is 30.4 Å². The molecule has 0 saturated carbocycles. The number of nitrogens with zero attached hydrogens (tertiary/aromatic N) is 3. The fourth-order valence-corrected chi connectivity index (χ4v) is 5.22. The first-order valence-electron chi connectivity index (χ1n) is 11.2. The average molecular weight is 488 g/mol. The SMILES string of the molecule is C=C(C)N1CCN(c2nc(-c3ccc(Sc4ccccc4C(C)C)c(C(F)(F)F)c3)co2)CC1. The number of rotatable bonds is 6. The van der Waals surface area contributed by atoms with Crippen molar-refractivity contribution in [3.63, 3.8) is 0 Å². The molecule has 1 aliphatic heterocycles. The van der Waals surface area contributed by atoms with Crippen molar-refractivity contribution < 1.29 is 17.6 Å². The monoisotopic (exact) mass is 487 g/mol. The van der Waals surface area contributed by atoms with Crippen molar-refractivity contribution in [3.8, 4) is 11.3 Å². The number of hydrogen-bond donors (Lipinski definition) is 0. The molecular formula is C26H28F3N3OS. The Balaban J connectivity index is 1.60. The molecule has 1 aromatic heterocycles. The molecule has 2 aromatic carbocycles. The Morgan fingerprint density at radius 3 is 2.41 bits per heavy atom. The average Bonchev–Trinajstić information content (AvgIpc) is 3.29. The van der Waals surface area contributed by atoms with Gasteiger partial charge in [0.25, 0.3) is 6.01 Å². The molecule has 0 radical (unpaired) electrons. The van der Waals surface area contributed by atoms with E-state index in [4.69, 9.17) is 4.42 Å². The van der Waals surface area contributed by atoms with Crippen LogP contribution < -0.4 is 4.90 Å². The maximum atomic E-state index is 14.0. The van der Waals surface area contributed by atoms with Crippen LogP contribution in [0.4, 0.5) is 19.2 Å². The molecule has 4 rings (SSSR count). The molecule has 1 saturated heterocycles. The lowest BCUT2D eigenvalue weighted by molar-refractivity contribution is -0.139. The molecule has 0 amide bonds. The zero-order chi connectivity index (χ0) is 24.5. The van der Waals surface area contributed by atoms with E-state index in [1.165, 1.54) is 18.4 Å². The molecule has 0 atom stereocenters. The lowest BCUT2D eigenvalue weighted by Crippen LogP contribution is -2.45. The summed E-state index contributed by atoms with van der Waals surface area (Å²) in [7, 11) is 0. The minimum Gasteiger partial charge on any atom is -0.431 e. The van der Waals surface area contributed by atoms with Crippen molar-refractivity contribution in [2.24, 2.45) is 0 Å². The van der Waals surface area contributed by atoms with Crippen molar-refractivity contribution in [1.29, 1.82) is 0 Å². The van der Waals surface area contributed by atoms with E-state index in [1.54, 1.807) is 6.07 Å². The van der Waals surface area contributed by atoms with Crippen molar-refractivity contribution in [2.45, 2.75) is 42.7 Å². The van der Waals surface area contributed by atoms with Crippen LogP contribution in [0.15, 0.2) is 75.2 Å². The Morgan fingerprint density at radius 2 is 1.76 bits per heavy atom. The van der Waals surface area contributed by atoms with E-state index in [0.717, 1.165) is 41.0 Å². The Kier molecular flexibility index (Phi) is 6.98. The number of piperazine rings is 1. The number of hydrogen-bond acceptors (Lipinski definition) is 5. The molecule has 1 fully saturated rings. The molecule has 0 N–H and O–H groups in total. The van der Waals surface area contributed by atoms with Crippen LogP contribution in [0.25, 0.3) is 11.3 Å². The Morgan fingerprint density at radius 1 is 1.06 bits per heavy atom. The molecule has 0 aliphatic carbocycles. The summed E-state index contributed by atoms with van der Waals surface area (Å²) in [5, 5.41) is 0. The van der Waals surface area contributed by atoms with Gasteiger partial charge in [0.05, 0.1) is 5.56 Å². The normalized spacial score (nSPS) is 14.7. The van der Waals surface area contributed by atoms with Crippen LogP contribution >= 0.6 is 11.8 Å². The van der Waals surface area contributed by atoms with Gasteiger partial charge in [-0.3, -0.25) is 0 Å². The van der Waals surface area contributed by atoms with Crippen molar-refractivity contribution >= 4 is 17.8 Å². The number of anilines is 1. The largest absolute Gasteiger partial charge is 0.431 e. The summed E-state index contributed by atoms with van der Waals surface area (Å²) >= 11 is 1.15. The fourth-order valence-electron chi connectivity index (χ4n) is 3.99. The smallest absolute Gasteiger partial charge is 0.417 e. The third kappa shape index (κ3) is 5.27. The predicted octanol–water partition coefficient (Wildman–Crippen LogP) is 7.29. The second-order valence-electron chi connectivity index (χ2n) is 8.73. The Labute approximate surface area is 202 Å². The van der Waals surface area contributed by atoms with Crippen LogP contribution in [-0.4, -0.2) is 36.1 Å². The summed E-state index contributed by atoms with van der Waals surface area (Å²) in [6, 6.07) is 12.4. The molecular weight excluding hydrogens is 459 g/mol. The lowest BCUT2D eigenvalue weighted by atomic mass is 10.0. The quantitative estimate of drug-likeness (QED) is 0.365. The molecule has 8 heteroatoms. The number of benzene rings is 2. The standard InChI is InChI=1S/C26H28F3N3OS/c1-17(2)20-7-5-6-8-23(20)34-24-10-9-19(15-21(24)26(27,28)29)22-16-33-25(30-22)32-13-11-31(12-14-32)18(3)4/h5-10,15-17H,3,11-14H2,1-2,4H3. The Hall–Kier alpha value is -2.87. The van der Waals surface area contributed by atoms with E-state index >= 15 is 0 Å². The maximum Gasteiger partial charge on any atom is 0.417 e. The molecule has 180 valence electrons. The van der Waals surface area contributed by atoms with Crippen LogP contribution in [0.2, 0.25) is 0 Å². The maximum absolute atomic E-state index is 14.0. The van der Waals surface area contributed by atoms with E-state index in [1.807, 2.05) is 49.9 Å². The predicted molar refractivity (Wildman–Crippen MR) is 130 cm³/mol. The second-order valence-corrected chi connectivity index (χ2v) is 9.81. The highest BCUT2D eigenvalue weighted by Gasteiger charge is 2.34. The van der Waals surface area contributed by atoms with E-state index < -0.39 is 11.7 Å². The molecule has 2 heterocycles. The van der Waals surface area contributed by atoms with Gasteiger partial charge in [-0.05, 0) is 36.6 Å². The first-order valence-corrected chi connectivity index (χ1v) is 12.0. The number of oxazole rings is 1. The number of halogens is 3. The van der Waals surface area contributed by atoms with Crippen molar-refractivity contribution in [3.05, 3.63) is 72.1 Å². The van der Waals surface area contributed by atoms with Crippen LogP contribution in [0.3, 0.4) is 0 Å². The summed E-state index contributed by atoms with van der Waals surface area (Å²) in [4.78, 5) is 9.67. The van der Waals surface area contributed by atoms with Crippen LogP contribution in [0.1, 0.15) is 37.8 Å². The Bertz CT molecular complexity index is 1160. The summed E-state index contributed by atoms with van der Waals surface area (Å²) in [6.07, 6.45) is -3.06. The van der Waals surface area contributed by atoms with E-state index in [2.05, 4.69) is 16.5 Å². The highest BCUT2D eigenvalue weighted by molar-refractivity contribution is 7.99. The zero-order valence-electron chi connectivity index (χ0n) is 19.5. The van der Waals surface area contributed by atoms with Crippen LogP contribution in [0.5, 0.6) is 0 Å². The van der Waals surface area contributed by atoms with Gasteiger partial charge >= 0.3 is 6.18 Å². The first kappa shape index (κ1) is 24.3. The number of alkyl halides is 3. The highest BCUT2D eigenvalue weighted by Crippen LogP contribution is 2.43. The van der Waals surface area contributed by atoms with Gasteiger partial charge in [0.15, 0.2) is 0 Å². The van der Waals surface area contributed by atoms with Crippen LogP contribution in [-0.2, 0) is 6.18 Å². The van der Waals surface area contributed by atoms with Crippen LogP contribution in [0, 0.1) is 0 Å². The third-order valence-corrected chi connectivity index (χ3v) is 7.09. The molecule has 0 bridgehead atoms. The summed E-state index contributed by atoms with van der Waals surface area (Å²) < 4.78 is 47.7. The highest BCUT2D eigenvalue weighted by atomic mass is 32.2. The van der Waals surface area contributed by atoms with E-state index in [9.17, 15) is 13.2 Å². The summed E-state index contributed by atoms with van der Waals surface area (Å²) in [6.45, 7) is 13.0. The molecule has 34 heavy (non-hydrogen) atoms. The zero-order valence-corrected chi connectivity index (χ0v) is 20.3. The van der Waals surface area contributed by atoms with Gasteiger partial charge in [-0.2, -0.15) is 18.2 Å². The van der Waals surface area contributed by atoms with Gasteiger partial charge in [-0.1, -0.05) is 56.5 Å². The lowest BCUT2D eigenvalue weighted by Gasteiger charge is -2.35. The fraction of sp³-hybridized carbons (Fsp3) is 0.346. The topological polar surface area (TPSA) is 32.5 Å². The second kappa shape index (κ2) is 9.78.